The summed E-state index contributed by atoms with van der Waals surface area (Å²) in [5.41, 5.74) is 0. The standard InChI is InChI=1S/C16H31N3O.2ClH/c1-2-3-11-19-12-7-5-8-14(19)13-18-16(20)15-9-4-6-10-17-15;;/h14-15,17H,2-13H2,1H3,(H,18,20);2*1H/t14?,15-;;/m1../s1. The fourth-order valence-corrected chi connectivity index (χ4v) is 3.36. The van der Waals surface area contributed by atoms with Crippen LogP contribution in [0.25, 0.3) is 0 Å². The number of nitrogens with zero attached hydrogens (tertiary/aromatic N) is 1. The molecule has 0 aromatic carbocycles. The molecule has 22 heavy (non-hydrogen) atoms. The molecule has 0 bridgehead atoms. The molecule has 2 saturated heterocycles. The summed E-state index contributed by atoms with van der Waals surface area (Å²) in [6, 6.07) is 0.610. The Morgan fingerprint density at radius 3 is 2.64 bits per heavy atom. The maximum atomic E-state index is 12.2. The number of carbonyl (C=O) groups excluding carboxylic acids is 1. The first-order valence-electron chi connectivity index (χ1n) is 8.56. The van der Waals surface area contributed by atoms with Crippen LogP contribution in [0, 0.1) is 0 Å². The van der Waals surface area contributed by atoms with Gasteiger partial charge < -0.3 is 10.6 Å². The summed E-state index contributed by atoms with van der Waals surface area (Å²) >= 11 is 0. The van der Waals surface area contributed by atoms with Crippen molar-refractivity contribution in [3.05, 3.63) is 0 Å². The zero-order valence-corrected chi connectivity index (χ0v) is 15.4. The highest BCUT2D eigenvalue weighted by molar-refractivity contribution is 5.85. The van der Waals surface area contributed by atoms with E-state index in [0.29, 0.717) is 6.04 Å². The van der Waals surface area contributed by atoms with Crippen LogP contribution < -0.4 is 10.6 Å². The molecule has 1 unspecified atom stereocenters. The summed E-state index contributed by atoms with van der Waals surface area (Å²) in [7, 11) is 0. The second kappa shape index (κ2) is 12.4. The van der Waals surface area contributed by atoms with Gasteiger partial charge in [-0.15, -0.1) is 24.8 Å². The van der Waals surface area contributed by atoms with E-state index in [1.165, 1.54) is 58.0 Å². The van der Waals surface area contributed by atoms with Crippen molar-refractivity contribution < 1.29 is 4.79 Å². The Hall–Kier alpha value is -0.0300. The average molecular weight is 354 g/mol. The highest BCUT2D eigenvalue weighted by atomic mass is 35.5. The number of amides is 1. The maximum Gasteiger partial charge on any atom is 0.237 e. The number of hydrogen-bond acceptors (Lipinski definition) is 3. The largest absolute Gasteiger partial charge is 0.353 e. The van der Waals surface area contributed by atoms with E-state index in [1.807, 2.05) is 0 Å². The van der Waals surface area contributed by atoms with Crippen molar-refractivity contribution in [2.24, 2.45) is 0 Å². The highest BCUT2D eigenvalue weighted by Crippen LogP contribution is 2.17. The van der Waals surface area contributed by atoms with Gasteiger partial charge in [0, 0.05) is 12.6 Å². The number of carbonyl (C=O) groups is 1. The zero-order chi connectivity index (χ0) is 14.2. The molecule has 4 nitrogen and oxygen atoms in total. The molecular formula is C16H33Cl2N3O. The topological polar surface area (TPSA) is 44.4 Å². The third-order valence-corrected chi connectivity index (χ3v) is 4.69. The summed E-state index contributed by atoms with van der Waals surface area (Å²) in [4.78, 5) is 14.8. The second-order valence-corrected chi connectivity index (χ2v) is 6.29. The van der Waals surface area contributed by atoms with Gasteiger partial charge in [-0.2, -0.15) is 0 Å². The molecule has 0 spiro atoms. The molecule has 132 valence electrons. The Morgan fingerprint density at radius 1 is 1.18 bits per heavy atom. The van der Waals surface area contributed by atoms with Crippen LogP contribution in [-0.4, -0.2) is 49.1 Å². The van der Waals surface area contributed by atoms with E-state index < -0.39 is 0 Å². The molecule has 2 N–H and O–H groups in total. The summed E-state index contributed by atoms with van der Waals surface area (Å²) < 4.78 is 0. The van der Waals surface area contributed by atoms with Gasteiger partial charge in [-0.05, 0) is 51.7 Å². The normalized spacial score (nSPS) is 25.7. The van der Waals surface area contributed by atoms with E-state index in [-0.39, 0.29) is 36.8 Å². The Kier molecular flexibility index (Phi) is 12.4. The van der Waals surface area contributed by atoms with Crippen LogP contribution in [0.4, 0.5) is 0 Å². The van der Waals surface area contributed by atoms with Crippen molar-refractivity contribution in [3.8, 4) is 0 Å². The molecule has 1 amide bonds. The monoisotopic (exact) mass is 353 g/mol. The van der Waals surface area contributed by atoms with Gasteiger partial charge in [0.05, 0.1) is 6.04 Å². The quantitative estimate of drug-likeness (QED) is 0.771. The van der Waals surface area contributed by atoms with Crippen LogP contribution in [0.15, 0.2) is 0 Å². The van der Waals surface area contributed by atoms with Gasteiger partial charge in [-0.25, -0.2) is 0 Å². The van der Waals surface area contributed by atoms with Crippen molar-refractivity contribution in [2.45, 2.75) is 70.4 Å². The van der Waals surface area contributed by atoms with Gasteiger partial charge >= 0.3 is 0 Å². The molecular weight excluding hydrogens is 321 g/mol. The number of piperidine rings is 2. The fraction of sp³-hybridized carbons (Fsp3) is 0.938. The molecule has 2 fully saturated rings. The number of rotatable bonds is 6. The molecule has 0 radical (unpaired) electrons. The van der Waals surface area contributed by atoms with Gasteiger partial charge in [-0.3, -0.25) is 9.69 Å². The van der Waals surface area contributed by atoms with E-state index in [0.717, 1.165) is 19.5 Å². The summed E-state index contributed by atoms with van der Waals surface area (Å²) in [5, 5.41) is 6.51. The van der Waals surface area contributed by atoms with Crippen molar-refractivity contribution in [2.75, 3.05) is 26.2 Å². The summed E-state index contributed by atoms with van der Waals surface area (Å²) in [6.07, 6.45) is 9.77. The number of halogens is 2. The van der Waals surface area contributed by atoms with Crippen LogP contribution >= 0.6 is 24.8 Å². The van der Waals surface area contributed by atoms with Crippen LogP contribution in [0.5, 0.6) is 0 Å². The van der Waals surface area contributed by atoms with Crippen molar-refractivity contribution in [1.29, 1.82) is 0 Å². The predicted octanol–water partition coefficient (Wildman–Crippen LogP) is 2.74. The molecule has 0 aliphatic carbocycles. The lowest BCUT2D eigenvalue weighted by atomic mass is 10.0. The first-order valence-corrected chi connectivity index (χ1v) is 8.56. The van der Waals surface area contributed by atoms with Gasteiger partial charge in [0.1, 0.15) is 0 Å². The lowest BCUT2D eigenvalue weighted by Gasteiger charge is -2.36. The Balaban J connectivity index is 0.00000220. The molecule has 2 rings (SSSR count). The first kappa shape index (κ1) is 22.0. The third-order valence-electron chi connectivity index (χ3n) is 4.69. The zero-order valence-electron chi connectivity index (χ0n) is 13.8. The average Bonchev–Trinajstić information content (AvgIpc) is 2.52. The summed E-state index contributed by atoms with van der Waals surface area (Å²) in [6.45, 7) is 6.47. The van der Waals surface area contributed by atoms with Crippen molar-refractivity contribution in [1.82, 2.24) is 15.5 Å². The smallest absolute Gasteiger partial charge is 0.237 e. The van der Waals surface area contributed by atoms with E-state index in [1.54, 1.807) is 0 Å². The van der Waals surface area contributed by atoms with Crippen molar-refractivity contribution in [3.63, 3.8) is 0 Å². The lowest BCUT2D eigenvalue weighted by Crippen LogP contribution is -2.51. The van der Waals surface area contributed by atoms with E-state index in [9.17, 15) is 4.79 Å². The molecule has 2 heterocycles. The highest BCUT2D eigenvalue weighted by Gasteiger charge is 2.24. The van der Waals surface area contributed by atoms with Crippen LogP contribution in [-0.2, 0) is 4.79 Å². The Bertz CT molecular complexity index is 299. The van der Waals surface area contributed by atoms with Gasteiger partial charge in [0.25, 0.3) is 0 Å². The minimum atomic E-state index is 0. The molecule has 2 aliphatic heterocycles. The fourth-order valence-electron chi connectivity index (χ4n) is 3.36. The van der Waals surface area contributed by atoms with E-state index in [4.69, 9.17) is 0 Å². The molecule has 0 saturated carbocycles. The van der Waals surface area contributed by atoms with E-state index >= 15 is 0 Å². The van der Waals surface area contributed by atoms with Crippen LogP contribution in [0.2, 0.25) is 0 Å². The van der Waals surface area contributed by atoms with Crippen LogP contribution in [0.1, 0.15) is 58.3 Å². The van der Waals surface area contributed by atoms with Gasteiger partial charge in [0.15, 0.2) is 0 Å². The third kappa shape index (κ3) is 7.03. The molecule has 0 aromatic rings. The van der Waals surface area contributed by atoms with Crippen LogP contribution in [0.3, 0.4) is 0 Å². The maximum absolute atomic E-state index is 12.2. The van der Waals surface area contributed by atoms with E-state index in [2.05, 4.69) is 22.5 Å². The Labute approximate surface area is 148 Å². The predicted molar refractivity (Wildman–Crippen MR) is 97.3 cm³/mol. The minimum absolute atomic E-state index is 0. The first-order chi connectivity index (χ1) is 9.81. The number of unbranched alkanes of at least 4 members (excludes halogenated alkanes) is 1. The minimum Gasteiger partial charge on any atom is -0.353 e. The molecule has 2 atom stereocenters. The molecule has 2 aliphatic rings. The van der Waals surface area contributed by atoms with Gasteiger partial charge in [-0.1, -0.05) is 26.2 Å². The SMILES string of the molecule is CCCCN1CCCCC1CNC(=O)[C@H]1CCCCN1.Cl.Cl. The second-order valence-electron chi connectivity index (χ2n) is 6.29. The van der Waals surface area contributed by atoms with Crippen molar-refractivity contribution >= 4 is 30.7 Å². The van der Waals surface area contributed by atoms with Gasteiger partial charge in [0.2, 0.25) is 5.91 Å². The molecule has 0 aromatic heterocycles. The lowest BCUT2D eigenvalue weighted by molar-refractivity contribution is -0.124. The molecule has 6 heteroatoms. The Morgan fingerprint density at radius 2 is 1.95 bits per heavy atom. The number of nitrogens with one attached hydrogen (secondary N) is 2. The summed E-state index contributed by atoms with van der Waals surface area (Å²) in [5.74, 6) is 0.214. The number of likely N-dealkylation sites (tertiary alicyclic amines) is 1. The number of hydrogen-bond donors (Lipinski definition) is 2.